The Bertz CT molecular complexity index is 493. The summed E-state index contributed by atoms with van der Waals surface area (Å²) in [6.45, 7) is 2.82. The maximum atomic E-state index is 10.4. The summed E-state index contributed by atoms with van der Waals surface area (Å²) >= 11 is 1.76. The molecule has 0 saturated carbocycles. The summed E-state index contributed by atoms with van der Waals surface area (Å²) in [6.07, 6.45) is 2.36. The highest BCUT2D eigenvalue weighted by atomic mass is 32.2. The van der Waals surface area contributed by atoms with Gasteiger partial charge in [0.25, 0.3) is 0 Å². The number of hydrogen-bond acceptors (Lipinski definition) is 4. The molecule has 2 rings (SSSR count). The molecule has 0 radical (unpaired) electrons. The highest BCUT2D eigenvalue weighted by molar-refractivity contribution is 7.99. The lowest BCUT2D eigenvalue weighted by Gasteiger charge is -2.01. The van der Waals surface area contributed by atoms with Crippen LogP contribution in [0.1, 0.15) is 16.1 Å². The molecule has 0 atom stereocenters. The Hall–Kier alpha value is -1.62. The number of aromatic nitrogens is 3. The second-order valence-corrected chi connectivity index (χ2v) is 4.85. The number of rotatable bonds is 5. The fourth-order valence-corrected chi connectivity index (χ4v) is 2.21. The molecule has 0 amide bonds. The highest BCUT2D eigenvalue weighted by Crippen LogP contribution is 2.18. The van der Waals surface area contributed by atoms with Crippen LogP contribution in [-0.4, -0.2) is 27.0 Å². The lowest BCUT2D eigenvalue weighted by atomic mass is 10.2. The van der Waals surface area contributed by atoms with Gasteiger partial charge in [-0.25, -0.2) is 0 Å². The SMILES string of the molecule is Cc1ccc(SCCn2cc(C=O)nn2)cc1. The number of carbonyl (C=O) groups is 1. The molecule has 2 aromatic rings. The predicted molar refractivity (Wildman–Crippen MR) is 67.3 cm³/mol. The topological polar surface area (TPSA) is 47.8 Å². The number of thioether (sulfide) groups is 1. The Kier molecular flexibility index (Phi) is 3.93. The summed E-state index contributed by atoms with van der Waals surface area (Å²) in [5.41, 5.74) is 1.64. The van der Waals surface area contributed by atoms with Crippen LogP contribution in [0.5, 0.6) is 0 Å². The maximum absolute atomic E-state index is 10.4. The van der Waals surface area contributed by atoms with E-state index < -0.39 is 0 Å². The fraction of sp³-hybridized carbons (Fsp3) is 0.250. The molecule has 0 saturated heterocycles. The maximum Gasteiger partial charge on any atom is 0.171 e. The van der Waals surface area contributed by atoms with Crippen molar-refractivity contribution in [3.05, 3.63) is 41.7 Å². The largest absolute Gasteiger partial charge is 0.296 e. The molecule has 0 unspecified atom stereocenters. The summed E-state index contributed by atoms with van der Waals surface area (Å²) in [5, 5.41) is 7.56. The van der Waals surface area contributed by atoms with Crippen LogP contribution in [0.15, 0.2) is 35.4 Å². The van der Waals surface area contributed by atoms with Crippen LogP contribution in [0.2, 0.25) is 0 Å². The van der Waals surface area contributed by atoms with Gasteiger partial charge in [-0.2, -0.15) is 0 Å². The first-order valence-corrected chi connectivity index (χ1v) is 6.31. The Balaban J connectivity index is 1.83. The molecule has 1 heterocycles. The minimum Gasteiger partial charge on any atom is -0.296 e. The molecule has 0 spiro atoms. The normalized spacial score (nSPS) is 10.4. The van der Waals surface area contributed by atoms with Gasteiger partial charge < -0.3 is 0 Å². The lowest BCUT2D eigenvalue weighted by Crippen LogP contribution is -2.00. The molecule has 5 heteroatoms. The van der Waals surface area contributed by atoms with Gasteiger partial charge in [-0.05, 0) is 19.1 Å². The number of hydrogen-bond donors (Lipinski definition) is 0. The van der Waals surface area contributed by atoms with Crippen molar-refractivity contribution in [1.29, 1.82) is 0 Å². The minimum absolute atomic E-state index is 0.380. The quantitative estimate of drug-likeness (QED) is 0.600. The first-order chi connectivity index (χ1) is 8.28. The second kappa shape index (κ2) is 5.63. The Morgan fingerprint density at radius 1 is 1.35 bits per heavy atom. The first kappa shape index (κ1) is 11.9. The van der Waals surface area contributed by atoms with Crippen LogP contribution < -0.4 is 0 Å². The molecule has 1 aromatic carbocycles. The van der Waals surface area contributed by atoms with Gasteiger partial charge in [-0.3, -0.25) is 9.48 Å². The van der Waals surface area contributed by atoms with E-state index in [-0.39, 0.29) is 0 Å². The van der Waals surface area contributed by atoms with E-state index >= 15 is 0 Å². The van der Waals surface area contributed by atoms with Gasteiger partial charge in [0.05, 0.1) is 12.7 Å². The number of nitrogens with zero attached hydrogens (tertiary/aromatic N) is 3. The molecule has 0 N–H and O–H groups in total. The molecule has 4 nitrogen and oxygen atoms in total. The van der Waals surface area contributed by atoms with Crippen molar-refractivity contribution < 1.29 is 4.79 Å². The number of aldehydes is 1. The van der Waals surface area contributed by atoms with Crippen LogP contribution in [0.3, 0.4) is 0 Å². The van der Waals surface area contributed by atoms with E-state index in [0.29, 0.717) is 12.0 Å². The zero-order valence-corrected chi connectivity index (χ0v) is 10.4. The Morgan fingerprint density at radius 2 is 2.12 bits per heavy atom. The predicted octanol–water partition coefficient (Wildman–Crippen LogP) is 2.19. The first-order valence-electron chi connectivity index (χ1n) is 5.33. The zero-order valence-electron chi connectivity index (χ0n) is 9.54. The molecule has 88 valence electrons. The minimum atomic E-state index is 0.380. The molecule has 0 aliphatic rings. The average molecular weight is 247 g/mol. The summed E-state index contributed by atoms with van der Waals surface area (Å²) in [5.74, 6) is 0.907. The number of carbonyl (C=O) groups excluding carboxylic acids is 1. The molecule has 0 fully saturated rings. The van der Waals surface area contributed by atoms with Gasteiger partial charge in [-0.1, -0.05) is 22.9 Å². The summed E-state index contributed by atoms with van der Waals surface area (Å²) < 4.78 is 1.69. The molecular formula is C12H13N3OS. The van der Waals surface area contributed by atoms with Gasteiger partial charge in [0.15, 0.2) is 6.29 Å². The zero-order chi connectivity index (χ0) is 12.1. The number of benzene rings is 1. The van der Waals surface area contributed by atoms with E-state index in [2.05, 4.69) is 41.5 Å². The van der Waals surface area contributed by atoms with Crippen LogP contribution >= 0.6 is 11.8 Å². The van der Waals surface area contributed by atoms with E-state index in [4.69, 9.17) is 0 Å². The Morgan fingerprint density at radius 3 is 2.76 bits per heavy atom. The fourth-order valence-electron chi connectivity index (χ4n) is 1.37. The average Bonchev–Trinajstić information content (AvgIpc) is 2.80. The van der Waals surface area contributed by atoms with Crippen molar-refractivity contribution in [3.8, 4) is 0 Å². The van der Waals surface area contributed by atoms with Gasteiger partial charge in [0, 0.05) is 10.6 Å². The van der Waals surface area contributed by atoms with E-state index in [0.717, 1.165) is 12.3 Å². The third-order valence-electron chi connectivity index (χ3n) is 2.29. The molecule has 0 aliphatic carbocycles. The smallest absolute Gasteiger partial charge is 0.171 e. The lowest BCUT2D eigenvalue weighted by molar-refractivity contribution is 0.111. The van der Waals surface area contributed by atoms with Crippen molar-refractivity contribution in [2.45, 2.75) is 18.4 Å². The highest BCUT2D eigenvalue weighted by Gasteiger charge is 1.99. The summed E-state index contributed by atoms with van der Waals surface area (Å²) in [7, 11) is 0. The van der Waals surface area contributed by atoms with E-state index in [1.165, 1.54) is 10.5 Å². The Labute approximate surface area is 104 Å². The van der Waals surface area contributed by atoms with Crippen LogP contribution in [0.25, 0.3) is 0 Å². The third-order valence-corrected chi connectivity index (χ3v) is 3.28. The van der Waals surface area contributed by atoms with E-state index in [1.54, 1.807) is 22.6 Å². The van der Waals surface area contributed by atoms with Crippen molar-refractivity contribution in [1.82, 2.24) is 15.0 Å². The van der Waals surface area contributed by atoms with E-state index in [9.17, 15) is 4.79 Å². The van der Waals surface area contributed by atoms with Crippen LogP contribution in [0, 0.1) is 6.92 Å². The molecule has 17 heavy (non-hydrogen) atoms. The number of aryl methyl sites for hydroxylation is 2. The molecular weight excluding hydrogens is 234 g/mol. The second-order valence-electron chi connectivity index (χ2n) is 3.69. The van der Waals surface area contributed by atoms with Crippen molar-refractivity contribution in [3.63, 3.8) is 0 Å². The van der Waals surface area contributed by atoms with Gasteiger partial charge in [0.2, 0.25) is 0 Å². The van der Waals surface area contributed by atoms with Crippen molar-refractivity contribution >= 4 is 18.0 Å². The molecule has 1 aromatic heterocycles. The summed E-state index contributed by atoms with van der Waals surface area (Å²) in [6, 6.07) is 8.42. The monoisotopic (exact) mass is 247 g/mol. The molecule has 0 bridgehead atoms. The van der Waals surface area contributed by atoms with Crippen LogP contribution in [-0.2, 0) is 6.54 Å². The van der Waals surface area contributed by atoms with Crippen molar-refractivity contribution in [2.75, 3.05) is 5.75 Å². The van der Waals surface area contributed by atoms with Gasteiger partial charge in [0.1, 0.15) is 5.69 Å². The van der Waals surface area contributed by atoms with Crippen molar-refractivity contribution in [2.24, 2.45) is 0 Å². The van der Waals surface area contributed by atoms with Gasteiger partial charge >= 0.3 is 0 Å². The van der Waals surface area contributed by atoms with Crippen LogP contribution in [0.4, 0.5) is 0 Å². The molecule has 0 aliphatic heterocycles. The summed E-state index contributed by atoms with van der Waals surface area (Å²) in [4.78, 5) is 11.7. The van der Waals surface area contributed by atoms with Gasteiger partial charge in [-0.15, -0.1) is 16.9 Å². The van der Waals surface area contributed by atoms with E-state index in [1.807, 2.05) is 0 Å². The third kappa shape index (κ3) is 3.42. The standard InChI is InChI=1S/C12H13N3OS/c1-10-2-4-12(5-3-10)17-7-6-15-8-11(9-16)13-14-15/h2-5,8-9H,6-7H2,1H3.